The Morgan fingerprint density at radius 1 is 1.29 bits per heavy atom. The van der Waals surface area contributed by atoms with E-state index in [-0.39, 0.29) is 0 Å². The van der Waals surface area contributed by atoms with Crippen LogP contribution in [0.15, 0.2) is 36.8 Å². The van der Waals surface area contributed by atoms with Gasteiger partial charge in [-0.2, -0.15) is 0 Å². The van der Waals surface area contributed by atoms with Gasteiger partial charge in [0, 0.05) is 36.7 Å². The molecule has 0 aromatic carbocycles. The predicted molar refractivity (Wildman–Crippen MR) is 67.5 cm³/mol. The highest BCUT2D eigenvalue weighted by Gasteiger charge is 2.11. The van der Waals surface area contributed by atoms with Crippen LogP contribution in [0, 0.1) is 0 Å². The number of imidazole rings is 1. The smallest absolute Gasteiger partial charge is 0.120 e. The van der Waals surface area contributed by atoms with Crippen LogP contribution >= 0.6 is 0 Å². The van der Waals surface area contributed by atoms with E-state index in [2.05, 4.69) is 39.9 Å². The van der Waals surface area contributed by atoms with Crippen molar-refractivity contribution in [1.29, 1.82) is 0 Å². The zero-order valence-corrected chi connectivity index (χ0v) is 10.3. The summed E-state index contributed by atoms with van der Waals surface area (Å²) in [6.07, 6.45) is 6.44. The number of aromatic nitrogens is 3. The molecule has 4 nitrogen and oxygen atoms in total. The predicted octanol–water partition coefficient (Wildman–Crippen LogP) is 1.87. The van der Waals surface area contributed by atoms with Crippen molar-refractivity contribution < 1.29 is 0 Å². The number of pyridine rings is 1. The van der Waals surface area contributed by atoms with E-state index in [1.807, 2.05) is 24.5 Å². The first kappa shape index (κ1) is 11.8. The van der Waals surface area contributed by atoms with Gasteiger partial charge in [-0.3, -0.25) is 9.88 Å². The molecule has 0 aliphatic rings. The zero-order valence-electron chi connectivity index (χ0n) is 10.3. The molecule has 2 heterocycles. The van der Waals surface area contributed by atoms with Crippen LogP contribution in [-0.4, -0.2) is 32.9 Å². The highest BCUT2D eigenvalue weighted by molar-refractivity contribution is 5.05. The van der Waals surface area contributed by atoms with Crippen LogP contribution in [0.1, 0.15) is 18.4 Å². The van der Waals surface area contributed by atoms with Gasteiger partial charge >= 0.3 is 0 Å². The summed E-state index contributed by atoms with van der Waals surface area (Å²) in [5.74, 6) is 1.00. The SMILES string of the molecule is C[C@@H](Cc1ccccn1)N(C)Cc1ncc[nH]1. The molecule has 1 atom stereocenters. The Kier molecular flexibility index (Phi) is 3.88. The molecular formula is C13H18N4. The maximum Gasteiger partial charge on any atom is 0.120 e. The largest absolute Gasteiger partial charge is 0.348 e. The lowest BCUT2D eigenvalue weighted by Crippen LogP contribution is -2.31. The van der Waals surface area contributed by atoms with E-state index in [1.165, 1.54) is 0 Å². The Hall–Kier alpha value is -1.68. The van der Waals surface area contributed by atoms with E-state index in [9.17, 15) is 0 Å². The maximum absolute atomic E-state index is 4.35. The molecule has 0 amide bonds. The monoisotopic (exact) mass is 230 g/mol. The third kappa shape index (κ3) is 3.39. The van der Waals surface area contributed by atoms with E-state index >= 15 is 0 Å². The summed E-state index contributed by atoms with van der Waals surface area (Å²) in [6.45, 7) is 3.04. The van der Waals surface area contributed by atoms with Crippen molar-refractivity contribution >= 4 is 0 Å². The molecule has 0 bridgehead atoms. The van der Waals surface area contributed by atoms with Crippen LogP contribution in [0.5, 0.6) is 0 Å². The van der Waals surface area contributed by atoms with Crippen LogP contribution in [0.25, 0.3) is 0 Å². The summed E-state index contributed by atoms with van der Waals surface area (Å²) in [5.41, 5.74) is 1.13. The topological polar surface area (TPSA) is 44.8 Å². The quantitative estimate of drug-likeness (QED) is 0.852. The lowest BCUT2D eigenvalue weighted by Gasteiger charge is -2.23. The molecule has 4 heteroatoms. The van der Waals surface area contributed by atoms with Crippen LogP contribution in [0.3, 0.4) is 0 Å². The summed E-state index contributed by atoms with van der Waals surface area (Å²) in [6, 6.07) is 6.48. The highest BCUT2D eigenvalue weighted by atomic mass is 15.1. The average molecular weight is 230 g/mol. The Morgan fingerprint density at radius 3 is 2.82 bits per heavy atom. The van der Waals surface area contributed by atoms with Crippen molar-refractivity contribution in [1.82, 2.24) is 19.9 Å². The van der Waals surface area contributed by atoms with E-state index in [0.717, 1.165) is 24.5 Å². The van der Waals surface area contributed by atoms with Gasteiger partial charge in [0.15, 0.2) is 0 Å². The summed E-state index contributed by atoms with van der Waals surface area (Å²) in [4.78, 5) is 14.0. The number of H-pyrrole nitrogens is 1. The van der Waals surface area contributed by atoms with E-state index in [0.29, 0.717) is 6.04 Å². The van der Waals surface area contributed by atoms with Gasteiger partial charge in [-0.25, -0.2) is 4.98 Å². The van der Waals surface area contributed by atoms with Crippen LogP contribution in [0.2, 0.25) is 0 Å². The molecule has 17 heavy (non-hydrogen) atoms. The molecule has 2 rings (SSSR count). The van der Waals surface area contributed by atoms with Crippen LogP contribution in [0.4, 0.5) is 0 Å². The van der Waals surface area contributed by atoms with Crippen LogP contribution < -0.4 is 0 Å². The molecule has 0 aliphatic heterocycles. The average Bonchev–Trinajstić information content (AvgIpc) is 2.83. The van der Waals surface area contributed by atoms with E-state index in [1.54, 1.807) is 6.20 Å². The summed E-state index contributed by atoms with van der Waals surface area (Å²) in [7, 11) is 2.11. The molecule has 0 aliphatic carbocycles. The van der Waals surface area contributed by atoms with Crippen molar-refractivity contribution in [3.05, 3.63) is 48.3 Å². The molecule has 0 fully saturated rings. The molecule has 0 radical (unpaired) electrons. The maximum atomic E-state index is 4.35. The number of rotatable bonds is 5. The molecule has 2 aromatic rings. The molecule has 0 saturated heterocycles. The van der Waals surface area contributed by atoms with Crippen molar-refractivity contribution in [3.8, 4) is 0 Å². The minimum Gasteiger partial charge on any atom is -0.348 e. The fourth-order valence-corrected chi connectivity index (χ4v) is 1.75. The molecule has 2 aromatic heterocycles. The van der Waals surface area contributed by atoms with E-state index < -0.39 is 0 Å². The molecule has 0 spiro atoms. The molecule has 90 valence electrons. The first-order chi connectivity index (χ1) is 8.25. The third-order valence-corrected chi connectivity index (χ3v) is 2.94. The minimum absolute atomic E-state index is 0.440. The fourth-order valence-electron chi connectivity index (χ4n) is 1.75. The molecular weight excluding hydrogens is 212 g/mol. The fraction of sp³-hybridized carbons (Fsp3) is 0.385. The van der Waals surface area contributed by atoms with Crippen molar-refractivity contribution in [2.45, 2.75) is 25.9 Å². The molecule has 0 saturated carbocycles. The second-order valence-corrected chi connectivity index (χ2v) is 4.33. The standard InChI is InChI=1S/C13H18N4/c1-11(9-12-5-3-4-6-14-12)17(2)10-13-15-7-8-16-13/h3-8,11H,9-10H2,1-2H3,(H,15,16)/t11-/m0/s1. The van der Waals surface area contributed by atoms with Gasteiger partial charge in [0.2, 0.25) is 0 Å². The van der Waals surface area contributed by atoms with Gasteiger partial charge in [0.05, 0.1) is 6.54 Å². The van der Waals surface area contributed by atoms with Gasteiger partial charge in [-0.1, -0.05) is 6.07 Å². The van der Waals surface area contributed by atoms with E-state index in [4.69, 9.17) is 0 Å². The summed E-state index contributed by atoms with van der Waals surface area (Å²) < 4.78 is 0. The second kappa shape index (κ2) is 5.59. The highest BCUT2D eigenvalue weighted by Crippen LogP contribution is 2.07. The Morgan fingerprint density at radius 2 is 2.18 bits per heavy atom. The number of likely N-dealkylation sites (N-methyl/N-ethyl adjacent to an activating group) is 1. The Labute approximate surface area is 102 Å². The van der Waals surface area contributed by atoms with Gasteiger partial charge < -0.3 is 4.98 Å². The van der Waals surface area contributed by atoms with Gasteiger partial charge in [0.1, 0.15) is 5.82 Å². The number of hydrogen-bond acceptors (Lipinski definition) is 3. The normalized spacial score (nSPS) is 12.9. The first-order valence-electron chi connectivity index (χ1n) is 5.84. The molecule has 1 N–H and O–H groups in total. The lowest BCUT2D eigenvalue weighted by molar-refractivity contribution is 0.241. The lowest BCUT2D eigenvalue weighted by atomic mass is 10.1. The van der Waals surface area contributed by atoms with Crippen molar-refractivity contribution in [2.24, 2.45) is 0 Å². The first-order valence-corrected chi connectivity index (χ1v) is 5.84. The zero-order chi connectivity index (χ0) is 12.1. The van der Waals surface area contributed by atoms with Crippen LogP contribution in [-0.2, 0) is 13.0 Å². The number of aromatic amines is 1. The number of nitrogens with one attached hydrogen (secondary N) is 1. The number of nitrogens with zero attached hydrogens (tertiary/aromatic N) is 3. The van der Waals surface area contributed by atoms with Gasteiger partial charge in [-0.15, -0.1) is 0 Å². The Bertz CT molecular complexity index is 424. The third-order valence-electron chi connectivity index (χ3n) is 2.94. The Balaban J connectivity index is 1.89. The van der Waals surface area contributed by atoms with Crippen molar-refractivity contribution in [3.63, 3.8) is 0 Å². The summed E-state index contributed by atoms with van der Waals surface area (Å²) >= 11 is 0. The van der Waals surface area contributed by atoms with Crippen molar-refractivity contribution in [2.75, 3.05) is 7.05 Å². The minimum atomic E-state index is 0.440. The van der Waals surface area contributed by atoms with Gasteiger partial charge in [0.25, 0.3) is 0 Å². The number of hydrogen-bond donors (Lipinski definition) is 1. The van der Waals surface area contributed by atoms with Gasteiger partial charge in [-0.05, 0) is 26.1 Å². The summed E-state index contributed by atoms with van der Waals surface area (Å²) in [5, 5.41) is 0. The molecule has 0 unspecified atom stereocenters. The second-order valence-electron chi connectivity index (χ2n) is 4.33.